The number of rotatable bonds is 6. The van der Waals surface area contributed by atoms with Crippen LogP contribution in [0.4, 0.5) is 0 Å². The summed E-state index contributed by atoms with van der Waals surface area (Å²) in [5, 5.41) is 3.50. The van der Waals surface area contributed by atoms with Crippen molar-refractivity contribution in [3.8, 4) is 0 Å². The first-order valence-electron chi connectivity index (χ1n) is 7.02. The lowest BCUT2D eigenvalue weighted by molar-refractivity contribution is 0.188. The first-order chi connectivity index (χ1) is 7.91. The molecule has 0 amide bonds. The molecule has 0 aromatic carbocycles. The molecular weight excluding hydrogens is 228 g/mol. The molecule has 0 radical (unpaired) electrons. The van der Waals surface area contributed by atoms with Crippen molar-refractivity contribution >= 4 is 11.8 Å². The van der Waals surface area contributed by atoms with Crippen LogP contribution in [0.1, 0.15) is 47.5 Å². The summed E-state index contributed by atoms with van der Waals surface area (Å²) in [6, 6.07) is 1.36. The highest BCUT2D eigenvalue weighted by molar-refractivity contribution is 8.00. The van der Waals surface area contributed by atoms with E-state index in [0.29, 0.717) is 10.8 Å². The lowest BCUT2D eigenvalue weighted by Crippen LogP contribution is -2.47. The zero-order chi connectivity index (χ0) is 12.9. The van der Waals surface area contributed by atoms with E-state index >= 15 is 0 Å². The zero-order valence-corrected chi connectivity index (χ0v) is 13.1. The second kappa shape index (κ2) is 7.01. The number of nitrogens with one attached hydrogen (secondary N) is 1. The fraction of sp³-hybridized carbons (Fsp3) is 1.00. The van der Waals surface area contributed by atoms with E-state index in [0.717, 1.165) is 12.6 Å². The first-order valence-corrected chi connectivity index (χ1v) is 8.01. The molecule has 17 heavy (non-hydrogen) atoms. The van der Waals surface area contributed by atoms with Gasteiger partial charge in [-0.2, -0.15) is 11.8 Å². The van der Waals surface area contributed by atoms with Crippen molar-refractivity contribution in [2.45, 2.75) is 64.3 Å². The minimum atomic E-state index is 0.447. The van der Waals surface area contributed by atoms with Crippen LogP contribution in [0.25, 0.3) is 0 Å². The van der Waals surface area contributed by atoms with Crippen molar-refractivity contribution in [1.29, 1.82) is 0 Å². The standard InChI is InChI=1S/C14H30N2S/c1-12(2)15-8-6-7-13(3)16-9-10-17-14(4,5)11-16/h12-13,15H,6-11H2,1-5H3. The van der Waals surface area contributed by atoms with Gasteiger partial charge in [0.25, 0.3) is 0 Å². The predicted molar refractivity (Wildman–Crippen MR) is 79.9 cm³/mol. The van der Waals surface area contributed by atoms with E-state index in [4.69, 9.17) is 0 Å². The third-order valence-electron chi connectivity index (χ3n) is 3.43. The third-order valence-corrected chi connectivity index (χ3v) is 4.73. The maximum atomic E-state index is 3.50. The van der Waals surface area contributed by atoms with Gasteiger partial charge in [0.05, 0.1) is 0 Å². The second-order valence-corrected chi connectivity index (χ2v) is 7.98. The van der Waals surface area contributed by atoms with Crippen molar-refractivity contribution in [3.63, 3.8) is 0 Å². The molecule has 1 rings (SSSR count). The average molecular weight is 258 g/mol. The number of nitrogens with zero attached hydrogens (tertiary/aromatic N) is 1. The second-order valence-electron chi connectivity index (χ2n) is 6.18. The van der Waals surface area contributed by atoms with E-state index in [1.807, 2.05) is 0 Å². The topological polar surface area (TPSA) is 15.3 Å². The van der Waals surface area contributed by atoms with Crippen molar-refractivity contribution in [3.05, 3.63) is 0 Å². The highest BCUT2D eigenvalue weighted by Gasteiger charge is 2.29. The molecule has 3 heteroatoms. The van der Waals surface area contributed by atoms with E-state index in [1.54, 1.807) is 0 Å². The zero-order valence-electron chi connectivity index (χ0n) is 12.3. The monoisotopic (exact) mass is 258 g/mol. The van der Waals surface area contributed by atoms with Crippen LogP contribution < -0.4 is 5.32 Å². The Kier molecular flexibility index (Phi) is 6.32. The Labute approximate surface area is 112 Å². The Morgan fingerprint density at radius 3 is 2.59 bits per heavy atom. The molecule has 0 bridgehead atoms. The van der Waals surface area contributed by atoms with Crippen LogP contribution in [0.3, 0.4) is 0 Å². The first kappa shape index (κ1) is 15.3. The molecule has 0 aromatic rings. The molecule has 0 aliphatic carbocycles. The Hall–Kier alpha value is 0.270. The van der Waals surface area contributed by atoms with Gasteiger partial charge in [0.1, 0.15) is 0 Å². The van der Waals surface area contributed by atoms with E-state index < -0.39 is 0 Å². The van der Waals surface area contributed by atoms with Gasteiger partial charge in [0, 0.05) is 35.7 Å². The van der Waals surface area contributed by atoms with Gasteiger partial charge in [-0.25, -0.2) is 0 Å². The van der Waals surface area contributed by atoms with Gasteiger partial charge >= 0.3 is 0 Å². The Balaban J connectivity index is 2.20. The minimum absolute atomic E-state index is 0.447. The molecule has 1 saturated heterocycles. The van der Waals surface area contributed by atoms with E-state index in [-0.39, 0.29) is 0 Å². The smallest absolute Gasteiger partial charge is 0.0231 e. The van der Waals surface area contributed by atoms with Gasteiger partial charge in [-0.1, -0.05) is 13.8 Å². The number of hydrogen-bond acceptors (Lipinski definition) is 3. The molecule has 0 aromatic heterocycles. The molecule has 1 N–H and O–H groups in total. The molecule has 1 aliphatic heterocycles. The van der Waals surface area contributed by atoms with Gasteiger partial charge in [-0.3, -0.25) is 4.90 Å². The molecule has 1 heterocycles. The normalized spacial score (nSPS) is 22.9. The van der Waals surface area contributed by atoms with Crippen LogP contribution in [0.15, 0.2) is 0 Å². The summed E-state index contributed by atoms with van der Waals surface area (Å²) in [6.07, 6.45) is 2.61. The van der Waals surface area contributed by atoms with Crippen molar-refractivity contribution in [1.82, 2.24) is 10.2 Å². The number of thioether (sulfide) groups is 1. The molecular formula is C14H30N2S. The quantitative estimate of drug-likeness (QED) is 0.737. The maximum absolute atomic E-state index is 3.50. The van der Waals surface area contributed by atoms with E-state index in [2.05, 4.69) is 56.6 Å². The summed E-state index contributed by atoms with van der Waals surface area (Å²) < 4.78 is 0.447. The van der Waals surface area contributed by atoms with Crippen LogP contribution >= 0.6 is 11.8 Å². The van der Waals surface area contributed by atoms with Crippen molar-refractivity contribution in [2.24, 2.45) is 0 Å². The highest BCUT2D eigenvalue weighted by Crippen LogP contribution is 2.30. The molecule has 1 unspecified atom stereocenters. The van der Waals surface area contributed by atoms with Crippen molar-refractivity contribution < 1.29 is 0 Å². The van der Waals surface area contributed by atoms with Crippen LogP contribution in [0, 0.1) is 0 Å². The van der Waals surface area contributed by atoms with Gasteiger partial charge in [0.2, 0.25) is 0 Å². The van der Waals surface area contributed by atoms with Gasteiger partial charge < -0.3 is 5.32 Å². The summed E-state index contributed by atoms with van der Waals surface area (Å²) in [7, 11) is 0. The lowest BCUT2D eigenvalue weighted by atomic mass is 10.1. The SMILES string of the molecule is CC(C)NCCCC(C)N1CCSC(C)(C)C1. The summed E-state index contributed by atoms with van der Waals surface area (Å²) in [4.78, 5) is 2.67. The van der Waals surface area contributed by atoms with E-state index in [9.17, 15) is 0 Å². The summed E-state index contributed by atoms with van der Waals surface area (Å²) in [5.41, 5.74) is 0. The predicted octanol–water partition coefficient (Wildman–Crippen LogP) is 2.98. The fourth-order valence-electron chi connectivity index (χ4n) is 2.40. The third kappa shape index (κ3) is 6.12. The van der Waals surface area contributed by atoms with Gasteiger partial charge in [-0.05, 0) is 40.2 Å². The average Bonchev–Trinajstić information content (AvgIpc) is 2.22. The Bertz CT molecular complexity index is 216. The molecule has 0 spiro atoms. The van der Waals surface area contributed by atoms with Gasteiger partial charge in [-0.15, -0.1) is 0 Å². The van der Waals surface area contributed by atoms with Crippen molar-refractivity contribution in [2.75, 3.05) is 25.4 Å². The van der Waals surface area contributed by atoms with Gasteiger partial charge in [0.15, 0.2) is 0 Å². The largest absolute Gasteiger partial charge is 0.315 e. The molecule has 2 nitrogen and oxygen atoms in total. The Morgan fingerprint density at radius 2 is 2.00 bits per heavy atom. The molecule has 1 fully saturated rings. The summed E-state index contributed by atoms with van der Waals surface area (Å²) >= 11 is 2.12. The molecule has 1 atom stereocenters. The maximum Gasteiger partial charge on any atom is 0.0231 e. The fourth-order valence-corrected chi connectivity index (χ4v) is 3.54. The Morgan fingerprint density at radius 1 is 1.29 bits per heavy atom. The van der Waals surface area contributed by atoms with Crippen LogP contribution in [0.5, 0.6) is 0 Å². The van der Waals surface area contributed by atoms with E-state index in [1.165, 1.54) is 31.7 Å². The lowest BCUT2D eigenvalue weighted by Gasteiger charge is -2.40. The summed E-state index contributed by atoms with van der Waals surface area (Å²) in [5.74, 6) is 1.29. The highest BCUT2D eigenvalue weighted by atomic mass is 32.2. The molecule has 0 saturated carbocycles. The molecule has 1 aliphatic rings. The minimum Gasteiger partial charge on any atom is -0.315 e. The summed E-state index contributed by atoms with van der Waals surface area (Å²) in [6.45, 7) is 15.2. The van der Waals surface area contributed by atoms with Crippen LogP contribution in [-0.2, 0) is 0 Å². The van der Waals surface area contributed by atoms with Crippen LogP contribution in [-0.4, -0.2) is 47.1 Å². The number of hydrogen-bond donors (Lipinski definition) is 1. The van der Waals surface area contributed by atoms with Crippen LogP contribution in [0.2, 0.25) is 0 Å². The molecule has 102 valence electrons.